The largest absolute Gasteiger partial charge is 0.306 e. The summed E-state index contributed by atoms with van der Waals surface area (Å²) in [5.41, 5.74) is 3.31. The summed E-state index contributed by atoms with van der Waals surface area (Å²) in [5.74, 6) is -0.568. The maximum absolute atomic E-state index is 14.3. The second-order valence-electron chi connectivity index (χ2n) is 7.09. The number of rotatable bonds is 1. The molecule has 2 heterocycles. The molecule has 0 saturated carbocycles. The summed E-state index contributed by atoms with van der Waals surface area (Å²) in [6, 6.07) is 10.4. The molecule has 0 radical (unpaired) electrons. The third-order valence-corrected chi connectivity index (χ3v) is 5.57. The highest BCUT2D eigenvalue weighted by Crippen LogP contribution is 2.45. The summed E-state index contributed by atoms with van der Waals surface area (Å²) in [7, 11) is 2.10. The van der Waals surface area contributed by atoms with Crippen molar-refractivity contribution in [2.24, 2.45) is 0 Å². The Morgan fingerprint density at radius 2 is 2.04 bits per heavy atom. The molecule has 4 rings (SSSR count). The lowest BCUT2D eigenvalue weighted by Gasteiger charge is -2.36. The molecule has 2 aromatic rings. The van der Waals surface area contributed by atoms with Crippen LogP contribution in [0.25, 0.3) is 0 Å². The van der Waals surface area contributed by atoms with E-state index in [2.05, 4.69) is 24.9 Å². The SMILES string of the molecule is Cc1ccc2c(c1)[C@H]1CN(C)CC[C@H]1N2C(=O)c1cc(Cl)ccc1F. The first-order valence-electron chi connectivity index (χ1n) is 8.53. The number of carbonyl (C=O) groups is 1. The topological polar surface area (TPSA) is 23.6 Å². The molecule has 1 amide bonds. The van der Waals surface area contributed by atoms with Crippen LogP contribution in [0.15, 0.2) is 36.4 Å². The van der Waals surface area contributed by atoms with Crippen LogP contribution >= 0.6 is 11.6 Å². The van der Waals surface area contributed by atoms with Gasteiger partial charge in [0.05, 0.1) is 5.56 Å². The van der Waals surface area contributed by atoms with E-state index in [1.165, 1.54) is 29.3 Å². The first-order chi connectivity index (χ1) is 12.0. The Kier molecular flexibility index (Phi) is 4.05. The number of likely N-dealkylation sites (tertiary alicyclic amines) is 1. The molecule has 2 aliphatic rings. The summed E-state index contributed by atoms with van der Waals surface area (Å²) < 4.78 is 14.3. The molecule has 0 bridgehead atoms. The van der Waals surface area contributed by atoms with Crippen LogP contribution in [0.1, 0.15) is 33.8 Å². The normalized spacial score (nSPS) is 22.6. The number of amides is 1. The van der Waals surface area contributed by atoms with Crippen molar-refractivity contribution in [3.8, 4) is 0 Å². The maximum atomic E-state index is 14.3. The molecule has 2 aliphatic heterocycles. The lowest BCUT2D eigenvalue weighted by Crippen LogP contribution is -2.47. The Labute approximate surface area is 152 Å². The van der Waals surface area contributed by atoms with Crippen LogP contribution in [0.3, 0.4) is 0 Å². The minimum atomic E-state index is -0.528. The highest BCUT2D eigenvalue weighted by Gasteiger charge is 2.44. The Morgan fingerprint density at radius 1 is 1.24 bits per heavy atom. The fraction of sp³-hybridized carbons (Fsp3) is 0.350. The summed E-state index contributed by atoms with van der Waals surface area (Å²) >= 11 is 6.00. The average Bonchev–Trinajstić information content (AvgIpc) is 2.89. The Morgan fingerprint density at radius 3 is 2.84 bits per heavy atom. The number of hydrogen-bond donors (Lipinski definition) is 0. The fourth-order valence-corrected chi connectivity index (χ4v) is 4.31. The van der Waals surface area contributed by atoms with E-state index in [9.17, 15) is 9.18 Å². The van der Waals surface area contributed by atoms with Crippen molar-refractivity contribution in [1.82, 2.24) is 4.90 Å². The summed E-state index contributed by atoms with van der Waals surface area (Å²) in [4.78, 5) is 17.3. The Bertz CT molecular complexity index is 854. The zero-order valence-corrected chi connectivity index (χ0v) is 15.1. The molecule has 2 aromatic carbocycles. The molecular weight excluding hydrogens is 339 g/mol. The van der Waals surface area contributed by atoms with E-state index >= 15 is 0 Å². The highest BCUT2D eigenvalue weighted by atomic mass is 35.5. The van der Waals surface area contributed by atoms with E-state index in [0.717, 1.165) is 25.2 Å². The number of carbonyl (C=O) groups excluding carboxylic acids is 1. The van der Waals surface area contributed by atoms with Crippen LogP contribution in [-0.4, -0.2) is 37.0 Å². The van der Waals surface area contributed by atoms with Gasteiger partial charge in [0.25, 0.3) is 5.91 Å². The third-order valence-electron chi connectivity index (χ3n) is 5.33. The van der Waals surface area contributed by atoms with Gasteiger partial charge in [0.1, 0.15) is 5.82 Å². The van der Waals surface area contributed by atoms with Crippen molar-refractivity contribution >= 4 is 23.2 Å². The van der Waals surface area contributed by atoms with Crippen LogP contribution < -0.4 is 4.90 Å². The smallest absolute Gasteiger partial charge is 0.261 e. The summed E-state index contributed by atoms with van der Waals surface area (Å²) in [6.45, 7) is 3.89. The van der Waals surface area contributed by atoms with Crippen LogP contribution in [0, 0.1) is 12.7 Å². The molecule has 3 nitrogen and oxygen atoms in total. The summed E-state index contributed by atoms with van der Waals surface area (Å²) in [5, 5.41) is 0.369. The Hall–Kier alpha value is -1.91. The van der Waals surface area contributed by atoms with Crippen LogP contribution in [0.5, 0.6) is 0 Å². The Balaban J connectivity index is 1.81. The van der Waals surface area contributed by atoms with Crippen LogP contribution in [-0.2, 0) is 0 Å². The van der Waals surface area contributed by atoms with Gasteiger partial charge in [-0.15, -0.1) is 0 Å². The molecule has 0 spiro atoms. The second-order valence-corrected chi connectivity index (χ2v) is 7.52. The van der Waals surface area contributed by atoms with Gasteiger partial charge in [-0.2, -0.15) is 0 Å². The molecule has 25 heavy (non-hydrogen) atoms. The monoisotopic (exact) mass is 358 g/mol. The number of halogens is 2. The van der Waals surface area contributed by atoms with E-state index in [0.29, 0.717) is 5.02 Å². The number of likely N-dealkylation sites (N-methyl/N-ethyl adjacent to an activating group) is 1. The molecular formula is C20H20ClFN2O. The number of benzene rings is 2. The van der Waals surface area contributed by atoms with Gasteiger partial charge in [0, 0.05) is 29.2 Å². The van der Waals surface area contributed by atoms with Gasteiger partial charge in [-0.1, -0.05) is 29.3 Å². The number of hydrogen-bond acceptors (Lipinski definition) is 2. The second kappa shape index (κ2) is 6.11. The van der Waals surface area contributed by atoms with Crippen LogP contribution in [0.4, 0.5) is 10.1 Å². The zero-order valence-electron chi connectivity index (χ0n) is 14.3. The predicted molar refractivity (Wildman–Crippen MR) is 98.0 cm³/mol. The van der Waals surface area contributed by atoms with E-state index < -0.39 is 5.82 Å². The predicted octanol–water partition coefficient (Wildman–Crippen LogP) is 4.24. The molecule has 1 saturated heterocycles. The molecule has 0 aliphatic carbocycles. The van der Waals surface area contributed by atoms with Gasteiger partial charge in [-0.05, 0) is 56.8 Å². The molecule has 130 valence electrons. The maximum Gasteiger partial charge on any atom is 0.261 e. The van der Waals surface area contributed by atoms with E-state index in [1.54, 1.807) is 4.90 Å². The number of fused-ring (bicyclic) bond motifs is 3. The zero-order chi connectivity index (χ0) is 17.7. The van der Waals surface area contributed by atoms with Gasteiger partial charge in [-0.25, -0.2) is 4.39 Å². The molecule has 0 N–H and O–H groups in total. The third kappa shape index (κ3) is 2.74. The average molecular weight is 359 g/mol. The van der Waals surface area contributed by atoms with Crippen molar-refractivity contribution in [3.05, 3.63) is 63.9 Å². The highest BCUT2D eigenvalue weighted by molar-refractivity contribution is 6.31. The van der Waals surface area contributed by atoms with Crippen molar-refractivity contribution in [3.63, 3.8) is 0 Å². The number of piperidine rings is 1. The first-order valence-corrected chi connectivity index (χ1v) is 8.91. The van der Waals surface area contributed by atoms with Crippen molar-refractivity contribution in [2.75, 3.05) is 25.0 Å². The van der Waals surface area contributed by atoms with Crippen molar-refractivity contribution < 1.29 is 9.18 Å². The number of anilines is 1. The molecule has 0 unspecified atom stereocenters. The van der Waals surface area contributed by atoms with E-state index in [1.807, 2.05) is 12.1 Å². The molecule has 2 atom stereocenters. The lowest BCUT2D eigenvalue weighted by molar-refractivity contribution is 0.0961. The standard InChI is InChI=1S/C20H20ClFN2O/c1-12-3-6-18-14(9-12)16-11-23(2)8-7-19(16)24(18)20(25)15-10-13(21)4-5-17(15)22/h3-6,9-10,16,19H,7-8,11H2,1-2H3/t16-,19-/m1/s1. The van der Waals surface area contributed by atoms with Gasteiger partial charge in [0.15, 0.2) is 0 Å². The molecule has 0 aromatic heterocycles. The molecule has 5 heteroatoms. The molecule has 1 fully saturated rings. The quantitative estimate of drug-likeness (QED) is 0.761. The van der Waals surface area contributed by atoms with E-state index in [4.69, 9.17) is 11.6 Å². The van der Waals surface area contributed by atoms with Gasteiger partial charge >= 0.3 is 0 Å². The number of nitrogens with zero attached hydrogens (tertiary/aromatic N) is 2. The van der Waals surface area contributed by atoms with Crippen molar-refractivity contribution in [1.29, 1.82) is 0 Å². The van der Waals surface area contributed by atoms with Crippen molar-refractivity contribution in [2.45, 2.75) is 25.3 Å². The first kappa shape index (κ1) is 16.6. The lowest BCUT2D eigenvalue weighted by atomic mass is 9.88. The van der Waals surface area contributed by atoms with Gasteiger partial charge in [0.2, 0.25) is 0 Å². The fourth-order valence-electron chi connectivity index (χ4n) is 4.14. The minimum Gasteiger partial charge on any atom is -0.306 e. The number of aryl methyl sites for hydroxylation is 1. The minimum absolute atomic E-state index is 0.0404. The summed E-state index contributed by atoms with van der Waals surface area (Å²) in [6.07, 6.45) is 0.878. The van der Waals surface area contributed by atoms with Gasteiger partial charge < -0.3 is 9.80 Å². The van der Waals surface area contributed by atoms with E-state index in [-0.39, 0.29) is 23.4 Å². The van der Waals surface area contributed by atoms with Crippen LogP contribution in [0.2, 0.25) is 5.02 Å². The van der Waals surface area contributed by atoms with Gasteiger partial charge in [-0.3, -0.25) is 4.79 Å².